The predicted molar refractivity (Wildman–Crippen MR) is 39.1 cm³/mol. The van der Waals surface area contributed by atoms with E-state index in [0.29, 0.717) is 6.07 Å². The fourth-order valence-corrected chi connectivity index (χ4v) is 0.726. The normalized spacial score (nSPS) is 9.75. The lowest BCUT2D eigenvalue weighted by Gasteiger charge is -1.98. The Hall–Kier alpha value is -1.85. The molecule has 0 saturated heterocycles. The van der Waals surface area contributed by atoms with Crippen molar-refractivity contribution in [3.05, 3.63) is 28.1 Å². The number of phenolic OH excluding ortho intramolecular Hbond substituents is 1. The monoisotopic (exact) mass is 172 g/mol. The third-order valence-electron chi connectivity index (χ3n) is 1.29. The van der Waals surface area contributed by atoms with Gasteiger partial charge in [0.15, 0.2) is 11.6 Å². The van der Waals surface area contributed by atoms with E-state index in [1.807, 2.05) is 0 Å². The van der Waals surface area contributed by atoms with Crippen LogP contribution in [0, 0.1) is 15.9 Å². The summed E-state index contributed by atoms with van der Waals surface area (Å²) in [5, 5.41) is 18.9. The number of anilines is 1. The molecule has 12 heavy (non-hydrogen) atoms. The summed E-state index contributed by atoms with van der Waals surface area (Å²) >= 11 is 0. The minimum Gasteiger partial charge on any atom is -0.505 e. The van der Waals surface area contributed by atoms with Gasteiger partial charge in [-0.05, 0) is 0 Å². The second kappa shape index (κ2) is 2.65. The SMILES string of the molecule is Nc1cc(O)c(F)cc1[N+](=O)[O-]. The second-order valence-electron chi connectivity index (χ2n) is 2.12. The molecule has 1 aromatic carbocycles. The molecule has 3 N–H and O–H groups in total. The highest BCUT2D eigenvalue weighted by molar-refractivity contribution is 5.60. The van der Waals surface area contributed by atoms with Crippen LogP contribution in [0.3, 0.4) is 0 Å². The van der Waals surface area contributed by atoms with Crippen LogP contribution in [-0.4, -0.2) is 10.0 Å². The summed E-state index contributed by atoms with van der Waals surface area (Å²) in [5.74, 6) is -1.76. The maximum absolute atomic E-state index is 12.5. The van der Waals surface area contributed by atoms with Crippen molar-refractivity contribution >= 4 is 11.4 Å². The van der Waals surface area contributed by atoms with Crippen LogP contribution < -0.4 is 5.73 Å². The maximum atomic E-state index is 12.5. The van der Waals surface area contributed by atoms with E-state index in [0.717, 1.165) is 6.07 Å². The molecule has 0 amide bonds. The highest BCUT2D eigenvalue weighted by Crippen LogP contribution is 2.28. The molecule has 5 nitrogen and oxygen atoms in total. The number of nitro groups is 1. The number of rotatable bonds is 1. The Morgan fingerprint density at radius 1 is 1.58 bits per heavy atom. The number of halogens is 1. The highest BCUT2D eigenvalue weighted by Gasteiger charge is 2.15. The number of aromatic hydroxyl groups is 1. The molecule has 0 saturated carbocycles. The number of nitrogens with two attached hydrogens (primary N) is 1. The van der Waals surface area contributed by atoms with Crippen molar-refractivity contribution in [3.63, 3.8) is 0 Å². The average Bonchev–Trinajstić information content (AvgIpc) is 1.96. The van der Waals surface area contributed by atoms with E-state index in [1.54, 1.807) is 0 Å². The molecule has 0 aromatic heterocycles. The first-order chi connectivity index (χ1) is 5.52. The molecule has 0 aliphatic carbocycles. The molecule has 0 aliphatic heterocycles. The average molecular weight is 172 g/mol. The summed E-state index contributed by atoms with van der Waals surface area (Å²) < 4.78 is 12.5. The van der Waals surface area contributed by atoms with Gasteiger partial charge >= 0.3 is 0 Å². The molecule has 64 valence electrons. The zero-order valence-electron chi connectivity index (χ0n) is 5.82. The van der Waals surface area contributed by atoms with E-state index in [-0.39, 0.29) is 5.69 Å². The van der Waals surface area contributed by atoms with E-state index < -0.39 is 22.2 Å². The lowest BCUT2D eigenvalue weighted by Crippen LogP contribution is -1.96. The van der Waals surface area contributed by atoms with Gasteiger partial charge in [-0.1, -0.05) is 0 Å². The van der Waals surface area contributed by atoms with E-state index in [4.69, 9.17) is 10.8 Å². The molecule has 0 heterocycles. The maximum Gasteiger partial charge on any atom is 0.295 e. The van der Waals surface area contributed by atoms with Gasteiger partial charge in [-0.3, -0.25) is 10.1 Å². The van der Waals surface area contributed by atoms with Gasteiger partial charge in [0, 0.05) is 6.07 Å². The van der Waals surface area contributed by atoms with Gasteiger partial charge in [0.25, 0.3) is 5.69 Å². The van der Waals surface area contributed by atoms with Crippen molar-refractivity contribution in [3.8, 4) is 5.75 Å². The summed E-state index contributed by atoms with van der Waals surface area (Å²) in [6.45, 7) is 0. The Labute approximate surface area is 66.4 Å². The molecule has 0 unspecified atom stereocenters. The van der Waals surface area contributed by atoms with Gasteiger partial charge in [-0.2, -0.15) is 0 Å². The van der Waals surface area contributed by atoms with Gasteiger partial charge in [0.05, 0.1) is 11.0 Å². The number of benzene rings is 1. The number of nitrogens with zero attached hydrogens (tertiary/aromatic N) is 1. The summed E-state index contributed by atoms with van der Waals surface area (Å²) in [5.41, 5.74) is 4.31. The van der Waals surface area contributed by atoms with Crippen LogP contribution >= 0.6 is 0 Å². The fourth-order valence-electron chi connectivity index (χ4n) is 0.726. The Kier molecular flexibility index (Phi) is 1.82. The van der Waals surface area contributed by atoms with Crippen molar-refractivity contribution in [2.75, 3.05) is 5.73 Å². The molecule has 1 rings (SSSR count). The van der Waals surface area contributed by atoms with Gasteiger partial charge in [-0.15, -0.1) is 0 Å². The Morgan fingerprint density at radius 2 is 2.17 bits per heavy atom. The summed E-state index contributed by atoms with van der Waals surface area (Å²) in [7, 11) is 0. The molecule has 0 radical (unpaired) electrons. The Morgan fingerprint density at radius 3 is 2.67 bits per heavy atom. The standard InChI is InChI=1S/C6H5FN2O3/c7-3-1-5(9(11)12)4(8)2-6(3)10/h1-2,10H,8H2. The van der Waals surface area contributed by atoms with Crippen LogP contribution in [0.4, 0.5) is 15.8 Å². The number of hydrogen-bond donors (Lipinski definition) is 2. The molecule has 6 heteroatoms. The van der Waals surface area contributed by atoms with Gasteiger partial charge in [0.1, 0.15) is 5.69 Å². The number of phenols is 1. The third kappa shape index (κ3) is 1.26. The lowest BCUT2D eigenvalue weighted by atomic mass is 10.2. The first kappa shape index (κ1) is 8.25. The van der Waals surface area contributed by atoms with Crippen LogP contribution in [0.15, 0.2) is 12.1 Å². The molecule has 0 aliphatic rings. The summed E-state index contributed by atoms with van der Waals surface area (Å²) in [4.78, 5) is 9.34. The summed E-state index contributed by atoms with van der Waals surface area (Å²) in [6, 6.07) is 1.37. The molecule has 0 bridgehead atoms. The van der Waals surface area contributed by atoms with Crippen LogP contribution in [0.2, 0.25) is 0 Å². The second-order valence-corrected chi connectivity index (χ2v) is 2.12. The number of hydrogen-bond acceptors (Lipinski definition) is 4. The predicted octanol–water partition coefficient (Wildman–Crippen LogP) is 1.02. The van der Waals surface area contributed by atoms with E-state index >= 15 is 0 Å². The number of nitro benzene ring substituents is 1. The molecule has 1 aromatic rings. The largest absolute Gasteiger partial charge is 0.505 e. The van der Waals surface area contributed by atoms with Crippen molar-refractivity contribution < 1.29 is 14.4 Å². The van der Waals surface area contributed by atoms with Gasteiger partial charge < -0.3 is 10.8 Å². The highest BCUT2D eigenvalue weighted by atomic mass is 19.1. The molecule has 0 spiro atoms. The zero-order valence-corrected chi connectivity index (χ0v) is 5.82. The van der Waals surface area contributed by atoms with Gasteiger partial charge in [-0.25, -0.2) is 4.39 Å². The minimum atomic E-state index is -1.06. The fraction of sp³-hybridized carbons (Fsp3) is 0. The minimum absolute atomic E-state index is 0.265. The van der Waals surface area contributed by atoms with Crippen molar-refractivity contribution in [2.24, 2.45) is 0 Å². The van der Waals surface area contributed by atoms with Crippen molar-refractivity contribution in [1.29, 1.82) is 0 Å². The smallest absolute Gasteiger partial charge is 0.295 e. The topological polar surface area (TPSA) is 89.4 Å². The molecule has 0 atom stereocenters. The summed E-state index contributed by atoms with van der Waals surface area (Å²) in [6.07, 6.45) is 0. The Bertz CT molecular complexity index is 340. The third-order valence-corrected chi connectivity index (χ3v) is 1.29. The van der Waals surface area contributed by atoms with Crippen LogP contribution in [0.1, 0.15) is 0 Å². The number of nitrogen functional groups attached to an aromatic ring is 1. The van der Waals surface area contributed by atoms with Crippen LogP contribution in [-0.2, 0) is 0 Å². The molecular formula is C6H5FN2O3. The van der Waals surface area contributed by atoms with Crippen LogP contribution in [0.25, 0.3) is 0 Å². The van der Waals surface area contributed by atoms with Crippen molar-refractivity contribution in [1.82, 2.24) is 0 Å². The van der Waals surface area contributed by atoms with Gasteiger partial charge in [0.2, 0.25) is 0 Å². The zero-order chi connectivity index (χ0) is 9.30. The van der Waals surface area contributed by atoms with E-state index in [2.05, 4.69) is 0 Å². The van der Waals surface area contributed by atoms with Crippen molar-refractivity contribution in [2.45, 2.75) is 0 Å². The molecule has 0 fully saturated rings. The molecular weight excluding hydrogens is 167 g/mol. The first-order valence-electron chi connectivity index (χ1n) is 2.94. The quantitative estimate of drug-likeness (QED) is 0.376. The Balaban J connectivity index is 3.33. The lowest BCUT2D eigenvalue weighted by molar-refractivity contribution is -0.384. The van der Waals surface area contributed by atoms with E-state index in [9.17, 15) is 14.5 Å². The van der Waals surface area contributed by atoms with Crippen LogP contribution in [0.5, 0.6) is 5.75 Å². The first-order valence-corrected chi connectivity index (χ1v) is 2.94. The van der Waals surface area contributed by atoms with E-state index in [1.165, 1.54) is 0 Å².